The van der Waals surface area contributed by atoms with Crippen LogP contribution in [0.2, 0.25) is 0 Å². The van der Waals surface area contributed by atoms with Gasteiger partial charge >= 0.3 is 5.97 Å². The Balaban J connectivity index is 2.57. The zero-order valence-electron chi connectivity index (χ0n) is 11.0. The molecule has 0 unspecified atom stereocenters. The molecule has 0 aliphatic carbocycles. The molecule has 0 saturated carbocycles. The smallest absolute Gasteiger partial charge is 0.321 e. The van der Waals surface area contributed by atoms with Gasteiger partial charge in [-0.05, 0) is 31.2 Å². The number of carbonyl (C=O) groups is 2. The van der Waals surface area contributed by atoms with Gasteiger partial charge in [0.15, 0.2) is 9.84 Å². The van der Waals surface area contributed by atoms with E-state index in [2.05, 4.69) is 10.1 Å². The number of sulfone groups is 1. The summed E-state index contributed by atoms with van der Waals surface area (Å²) in [4.78, 5) is 22.7. The van der Waals surface area contributed by atoms with Gasteiger partial charge in [-0.15, -0.1) is 0 Å². The van der Waals surface area contributed by atoms with Gasteiger partial charge < -0.3 is 15.8 Å². The molecule has 0 aromatic heterocycles. The van der Waals surface area contributed by atoms with Crippen LogP contribution >= 0.6 is 0 Å². The van der Waals surface area contributed by atoms with E-state index in [0.29, 0.717) is 11.4 Å². The monoisotopic (exact) mass is 300 g/mol. The van der Waals surface area contributed by atoms with Crippen molar-refractivity contribution in [3.05, 3.63) is 24.3 Å². The molecule has 0 bridgehead atoms. The Morgan fingerprint density at radius 1 is 1.20 bits per heavy atom. The van der Waals surface area contributed by atoms with Crippen molar-refractivity contribution in [1.82, 2.24) is 0 Å². The molecule has 1 aromatic carbocycles. The van der Waals surface area contributed by atoms with E-state index in [1.165, 1.54) is 0 Å². The van der Waals surface area contributed by atoms with Gasteiger partial charge in [0.1, 0.15) is 11.5 Å². The summed E-state index contributed by atoms with van der Waals surface area (Å²) in [6, 6.07) is 6.24. The number of amides is 1. The van der Waals surface area contributed by atoms with Gasteiger partial charge in [-0.1, -0.05) is 0 Å². The van der Waals surface area contributed by atoms with Gasteiger partial charge in [-0.3, -0.25) is 9.59 Å². The number of hydrogen-bond acceptors (Lipinski definition) is 6. The third kappa shape index (κ3) is 5.70. The van der Waals surface area contributed by atoms with Crippen LogP contribution < -0.4 is 11.1 Å². The number of nitrogens with one attached hydrogen (secondary N) is 1. The van der Waals surface area contributed by atoms with Crippen LogP contribution in [-0.2, 0) is 24.2 Å². The highest BCUT2D eigenvalue weighted by atomic mass is 32.2. The summed E-state index contributed by atoms with van der Waals surface area (Å²) in [5.41, 5.74) is 6.43. The highest BCUT2D eigenvalue weighted by molar-refractivity contribution is 7.92. The highest BCUT2D eigenvalue weighted by Gasteiger charge is 2.21. The minimum atomic E-state index is -3.84. The first kappa shape index (κ1) is 16.0. The van der Waals surface area contributed by atoms with Gasteiger partial charge in [0.05, 0.1) is 6.61 Å². The summed E-state index contributed by atoms with van der Waals surface area (Å²) in [7, 11) is -3.84. The van der Waals surface area contributed by atoms with E-state index in [0.717, 1.165) is 0 Å². The molecule has 0 spiro atoms. The molecule has 0 aliphatic heterocycles. The Labute approximate surface area is 117 Å². The molecule has 7 nitrogen and oxygen atoms in total. The average Bonchev–Trinajstić information content (AvgIpc) is 2.30. The topological polar surface area (TPSA) is 116 Å². The molecular weight excluding hydrogens is 284 g/mol. The van der Waals surface area contributed by atoms with Gasteiger partial charge in [0.2, 0.25) is 5.91 Å². The van der Waals surface area contributed by atoms with Gasteiger partial charge in [0.25, 0.3) is 0 Å². The Morgan fingerprint density at radius 2 is 1.80 bits per heavy atom. The normalized spacial score (nSPS) is 10.8. The van der Waals surface area contributed by atoms with Crippen molar-refractivity contribution in [2.24, 2.45) is 0 Å². The maximum atomic E-state index is 11.6. The van der Waals surface area contributed by atoms with Crippen LogP contribution in [0.4, 0.5) is 11.4 Å². The first-order valence-electron chi connectivity index (χ1n) is 5.84. The third-order valence-electron chi connectivity index (χ3n) is 2.19. The van der Waals surface area contributed by atoms with Gasteiger partial charge in [-0.25, -0.2) is 8.42 Å². The highest BCUT2D eigenvalue weighted by Crippen LogP contribution is 2.10. The average molecular weight is 300 g/mol. The van der Waals surface area contributed by atoms with Crippen molar-refractivity contribution >= 4 is 33.1 Å². The van der Waals surface area contributed by atoms with Crippen LogP contribution in [0.5, 0.6) is 0 Å². The molecule has 0 radical (unpaired) electrons. The Morgan fingerprint density at radius 3 is 2.35 bits per heavy atom. The first-order valence-corrected chi connectivity index (χ1v) is 7.66. The molecule has 0 aliphatic rings. The first-order chi connectivity index (χ1) is 9.32. The molecular formula is C12H16N2O5S. The fraction of sp³-hybridized carbons (Fsp3) is 0.333. The molecule has 1 rings (SSSR count). The van der Waals surface area contributed by atoms with Crippen LogP contribution in [0.3, 0.4) is 0 Å². The Hall–Kier alpha value is -2.09. The molecule has 110 valence electrons. The number of anilines is 2. The van der Waals surface area contributed by atoms with E-state index >= 15 is 0 Å². The fourth-order valence-corrected chi connectivity index (χ4v) is 2.41. The molecule has 0 fully saturated rings. The third-order valence-corrected chi connectivity index (χ3v) is 3.57. The number of carbonyl (C=O) groups excluding carboxylic acids is 2. The van der Waals surface area contributed by atoms with Crippen molar-refractivity contribution < 1.29 is 22.7 Å². The lowest BCUT2D eigenvalue weighted by Crippen LogP contribution is -2.28. The number of benzene rings is 1. The number of nitrogen functional groups attached to an aromatic ring is 1. The van der Waals surface area contributed by atoms with Crippen molar-refractivity contribution in [2.45, 2.75) is 6.92 Å². The maximum Gasteiger partial charge on any atom is 0.321 e. The van der Waals surface area contributed by atoms with Crippen LogP contribution in [0, 0.1) is 0 Å². The standard InChI is InChI=1S/C12H16N2O5S/c1-2-19-12(16)8-20(17,18)7-11(15)14-10-5-3-9(13)4-6-10/h3-6H,2,7-8,13H2,1H3,(H,14,15). The second kappa shape index (κ2) is 6.90. The lowest BCUT2D eigenvalue weighted by Gasteiger charge is -2.06. The van der Waals surface area contributed by atoms with Crippen LogP contribution in [0.15, 0.2) is 24.3 Å². The van der Waals surface area contributed by atoms with Crippen molar-refractivity contribution in [2.75, 3.05) is 29.2 Å². The van der Waals surface area contributed by atoms with Crippen LogP contribution in [-0.4, -0.2) is 38.4 Å². The summed E-state index contributed by atoms with van der Waals surface area (Å²) in [6.07, 6.45) is 0. The number of ether oxygens (including phenoxy) is 1. The summed E-state index contributed by atoms with van der Waals surface area (Å²) in [6.45, 7) is 1.66. The second-order valence-corrected chi connectivity index (χ2v) is 6.07. The predicted molar refractivity (Wildman–Crippen MR) is 74.8 cm³/mol. The molecule has 0 heterocycles. The largest absolute Gasteiger partial charge is 0.465 e. The number of hydrogen-bond donors (Lipinski definition) is 2. The van der Waals surface area contributed by atoms with Gasteiger partial charge in [0, 0.05) is 11.4 Å². The minimum Gasteiger partial charge on any atom is -0.465 e. The molecule has 1 aromatic rings. The molecule has 3 N–H and O–H groups in total. The molecule has 8 heteroatoms. The van der Waals surface area contributed by atoms with Crippen LogP contribution in [0.1, 0.15) is 6.92 Å². The van der Waals surface area contributed by atoms with E-state index < -0.39 is 33.2 Å². The van der Waals surface area contributed by atoms with E-state index in [1.54, 1.807) is 31.2 Å². The molecule has 0 saturated heterocycles. The quantitative estimate of drug-likeness (QED) is 0.572. The lowest BCUT2D eigenvalue weighted by molar-refractivity contribution is -0.139. The summed E-state index contributed by atoms with van der Waals surface area (Å²) in [5.74, 6) is -3.18. The molecule has 0 atom stereocenters. The van der Waals surface area contributed by atoms with E-state index in [-0.39, 0.29) is 6.61 Å². The zero-order valence-corrected chi connectivity index (χ0v) is 11.8. The summed E-state index contributed by atoms with van der Waals surface area (Å²) >= 11 is 0. The number of rotatable bonds is 6. The maximum absolute atomic E-state index is 11.6. The number of esters is 1. The fourth-order valence-electron chi connectivity index (χ4n) is 1.40. The van der Waals surface area contributed by atoms with E-state index in [1.807, 2.05) is 0 Å². The van der Waals surface area contributed by atoms with Gasteiger partial charge in [-0.2, -0.15) is 0 Å². The lowest BCUT2D eigenvalue weighted by atomic mass is 10.3. The van der Waals surface area contributed by atoms with Crippen LogP contribution in [0.25, 0.3) is 0 Å². The van der Waals surface area contributed by atoms with Crippen molar-refractivity contribution in [1.29, 1.82) is 0 Å². The zero-order chi connectivity index (χ0) is 15.2. The summed E-state index contributed by atoms with van der Waals surface area (Å²) in [5, 5.41) is 2.40. The molecule has 20 heavy (non-hydrogen) atoms. The van der Waals surface area contributed by atoms with E-state index in [4.69, 9.17) is 5.73 Å². The second-order valence-electron chi connectivity index (χ2n) is 4.01. The Bertz CT molecular complexity index is 580. The Kier molecular flexibility index (Phi) is 5.51. The van der Waals surface area contributed by atoms with Crippen molar-refractivity contribution in [3.63, 3.8) is 0 Å². The summed E-state index contributed by atoms with van der Waals surface area (Å²) < 4.78 is 27.7. The predicted octanol–water partition coefficient (Wildman–Crippen LogP) is 0.185. The minimum absolute atomic E-state index is 0.0893. The van der Waals surface area contributed by atoms with E-state index in [9.17, 15) is 18.0 Å². The number of nitrogens with two attached hydrogens (primary N) is 1. The SMILES string of the molecule is CCOC(=O)CS(=O)(=O)CC(=O)Nc1ccc(N)cc1. The van der Waals surface area contributed by atoms with Crippen molar-refractivity contribution in [3.8, 4) is 0 Å². The molecule has 1 amide bonds.